The van der Waals surface area contributed by atoms with Crippen LogP contribution in [-0.2, 0) is 6.54 Å². The summed E-state index contributed by atoms with van der Waals surface area (Å²) < 4.78 is 16.7. The Morgan fingerprint density at radius 1 is 1.06 bits per heavy atom. The lowest BCUT2D eigenvalue weighted by Gasteiger charge is -2.10. The first-order valence-electron chi connectivity index (χ1n) is 9.62. The van der Waals surface area contributed by atoms with E-state index in [1.807, 2.05) is 18.2 Å². The Morgan fingerprint density at radius 2 is 1.84 bits per heavy atom. The first kappa shape index (κ1) is 20.2. The zero-order valence-electron chi connectivity index (χ0n) is 17.0. The molecule has 0 fully saturated rings. The van der Waals surface area contributed by atoms with Gasteiger partial charge in [-0.25, -0.2) is 0 Å². The second-order valence-electron chi connectivity index (χ2n) is 6.81. The zero-order valence-corrected chi connectivity index (χ0v) is 17.0. The van der Waals surface area contributed by atoms with Crippen molar-refractivity contribution in [1.82, 2.24) is 10.3 Å². The number of carbonyl (C=O) groups excluding carboxylic acids is 1. The first-order chi connectivity index (χ1) is 15.0. The summed E-state index contributed by atoms with van der Waals surface area (Å²) >= 11 is 0. The number of pyridine rings is 1. The summed E-state index contributed by atoms with van der Waals surface area (Å²) in [5.41, 5.74) is 1.39. The van der Waals surface area contributed by atoms with Crippen LogP contribution in [0.4, 0.5) is 0 Å². The average Bonchev–Trinajstić information content (AvgIpc) is 2.81. The Kier molecular flexibility index (Phi) is 5.66. The molecule has 0 radical (unpaired) electrons. The van der Waals surface area contributed by atoms with Crippen LogP contribution in [0.5, 0.6) is 17.2 Å². The van der Waals surface area contributed by atoms with Gasteiger partial charge in [0.05, 0.1) is 24.7 Å². The highest BCUT2D eigenvalue weighted by atomic mass is 16.5. The first-order valence-corrected chi connectivity index (χ1v) is 9.62. The van der Waals surface area contributed by atoms with Crippen molar-refractivity contribution in [2.45, 2.75) is 13.5 Å². The van der Waals surface area contributed by atoms with E-state index in [9.17, 15) is 9.59 Å². The highest BCUT2D eigenvalue weighted by Crippen LogP contribution is 2.27. The molecule has 0 aliphatic carbocycles. The Balaban J connectivity index is 1.50. The number of fused-ring (bicyclic) bond motifs is 1. The maximum atomic E-state index is 12.9. The Morgan fingerprint density at radius 3 is 2.55 bits per heavy atom. The predicted octanol–water partition coefficient (Wildman–Crippen LogP) is 4.23. The van der Waals surface area contributed by atoms with Crippen LogP contribution < -0.4 is 20.2 Å². The van der Waals surface area contributed by atoms with Crippen molar-refractivity contribution in [2.24, 2.45) is 0 Å². The summed E-state index contributed by atoms with van der Waals surface area (Å²) in [4.78, 5) is 29.4. The van der Waals surface area contributed by atoms with E-state index in [1.54, 1.807) is 62.7 Å². The smallest absolute Gasteiger partial charge is 0.251 e. The molecule has 0 atom stereocenters. The van der Waals surface area contributed by atoms with Crippen molar-refractivity contribution in [2.75, 3.05) is 7.11 Å². The number of nitrogens with one attached hydrogen (secondary N) is 1. The molecule has 0 saturated heterocycles. The van der Waals surface area contributed by atoms with E-state index in [1.165, 1.54) is 0 Å². The largest absolute Gasteiger partial charge is 0.497 e. The molecule has 2 aromatic carbocycles. The van der Waals surface area contributed by atoms with Crippen LogP contribution in [-0.4, -0.2) is 18.0 Å². The zero-order chi connectivity index (χ0) is 21.8. The third kappa shape index (κ3) is 4.40. The average molecular weight is 416 g/mol. The minimum Gasteiger partial charge on any atom is -0.497 e. The molecule has 0 spiro atoms. The van der Waals surface area contributed by atoms with Gasteiger partial charge in [0.15, 0.2) is 0 Å². The molecular formula is C24H20N2O5. The number of hydrogen-bond acceptors (Lipinski definition) is 6. The number of carbonyl (C=O) groups is 1. The van der Waals surface area contributed by atoms with Crippen molar-refractivity contribution in [3.05, 3.63) is 94.1 Å². The van der Waals surface area contributed by atoms with Gasteiger partial charge in [-0.1, -0.05) is 6.07 Å². The number of ether oxygens (including phenoxy) is 2. The SMILES string of the molecule is COc1ccc2c(=O)c(Oc3ccc(C(=O)NCc4ccccn4)cc3)c(C)oc2c1. The number of benzene rings is 2. The Hall–Kier alpha value is -4.13. The number of nitrogens with zero attached hydrogens (tertiary/aromatic N) is 1. The van der Waals surface area contributed by atoms with Gasteiger partial charge in [0, 0.05) is 17.8 Å². The van der Waals surface area contributed by atoms with Crippen molar-refractivity contribution in [1.29, 1.82) is 0 Å². The van der Waals surface area contributed by atoms with E-state index in [4.69, 9.17) is 13.9 Å². The monoisotopic (exact) mass is 416 g/mol. The molecule has 4 rings (SSSR count). The van der Waals surface area contributed by atoms with Gasteiger partial charge in [-0.3, -0.25) is 14.6 Å². The minimum absolute atomic E-state index is 0.102. The molecule has 0 aliphatic rings. The van der Waals surface area contributed by atoms with E-state index >= 15 is 0 Å². The number of aryl methyl sites for hydroxylation is 1. The van der Waals surface area contributed by atoms with E-state index in [0.29, 0.717) is 40.3 Å². The molecule has 7 nitrogen and oxygen atoms in total. The lowest BCUT2D eigenvalue weighted by molar-refractivity contribution is 0.0950. The van der Waals surface area contributed by atoms with Crippen LogP contribution in [0.2, 0.25) is 0 Å². The van der Waals surface area contributed by atoms with Gasteiger partial charge in [-0.2, -0.15) is 0 Å². The van der Waals surface area contributed by atoms with Gasteiger partial charge in [0.1, 0.15) is 22.8 Å². The van der Waals surface area contributed by atoms with Gasteiger partial charge < -0.3 is 19.2 Å². The predicted molar refractivity (Wildman–Crippen MR) is 116 cm³/mol. The summed E-state index contributed by atoms with van der Waals surface area (Å²) in [7, 11) is 1.55. The molecule has 2 aromatic heterocycles. The van der Waals surface area contributed by atoms with Crippen molar-refractivity contribution in [3.8, 4) is 17.2 Å². The normalized spacial score (nSPS) is 10.6. The fourth-order valence-corrected chi connectivity index (χ4v) is 3.08. The molecule has 0 unspecified atom stereocenters. The number of rotatable bonds is 6. The second-order valence-corrected chi connectivity index (χ2v) is 6.81. The lowest BCUT2D eigenvalue weighted by Crippen LogP contribution is -2.23. The fourth-order valence-electron chi connectivity index (χ4n) is 3.08. The summed E-state index contributed by atoms with van der Waals surface area (Å²) in [6.45, 7) is 2.00. The molecule has 0 aliphatic heterocycles. The topological polar surface area (TPSA) is 90.7 Å². The molecule has 0 bridgehead atoms. The third-order valence-electron chi connectivity index (χ3n) is 4.72. The molecule has 31 heavy (non-hydrogen) atoms. The van der Waals surface area contributed by atoms with E-state index < -0.39 is 0 Å². The number of methoxy groups -OCH3 is 1. The van der Waals surface area contributed by atoms with Crippen molar-refractivity contribution >= 4 is 16.9 Å². The van der Waals surface area contributed by atoms with E-state index in [-0.39, 0.29) is 17.1 Å². The number of hydrogen-bond donors (Lipinski definition) is 1. The fraction of sp³-hybridized carbons (Fsp3) is 0.125. The molecule has 1 amide bonds. The highest BCUT2D eigenvalue weighted by Gasteiger charge is 2.15. The summed E-state index contributed by atoms with van der Waals surface area (Å²) in [6, 6.07) is 17.0. The van der Waals surface area contributed by atoms with Gasteiger partial charge >= 0.3 is 0 Å². The molecule has 0 saturated carbocycles. The van der Waals surface area contributed by atoms with Gasteiger partial charge in [-0.15, -0.1) is 0 Å². The van der Waals surface area contributed by atoms with Crippen LogP contribution in [0.25, 0.3) is 11.0 Å². The highest BCUT2D eigenvalue weighted by molar-refractivity contribution is 5.94. The van der Waals surface area contributed by atoms with Crippen molar-refractivity contribution < 1.29 is 18.7 Å². The summed E-state index contributed by atoms with van der Waals surface area (Å²) in [5.74, 6) is 1.24. The molecule has 156 valence electrons. The summed E-state index contributed by atoms with van der Waals surface area (Å²) in [6.07, 6.45) is 1.68. The van der Waals surface area contributed by atoms with Crippen LogP contribution in [0.15, 0.2) is 76.1 Å². The maximum Gasteiger partial charge on any atom is 0.251 e. The van der Waals surface area contributed by atoms with Crippen LogP contribution in [0.1, 0.15) is 21.8 Å². The molecule has 1 N–H and O–H groups in total. The lowest BCUT2D eigenvalue weighted by atomic mass is 10.2. The van der Waals surface area contributed by atoms with E-state index in [0.717, 1.165) is 5.69 Å². The molecular weight excluding hydrogens is 396 g/mol. The number of amides is 1. The second kappa shape index (κ2) is 8.71. The Bertz CT molecular complexity index is 1280. The molecule has 7 heteroatoms. The standard InChI is InChI=1S/C24H20N2O5/c1-15-23(22(27)20-11-10-19(29-2)13-21(20)30-15)31-18-8-6-16(7-9-18)24(28)26-14-17-5-3-4-12-25-17/h3-13H,14H2,1-2H3,(H,26,28). The third-order valence-corrected chi connectivity index (χ3v) is 4.72. The molecule has 2 heterocycles. The van der Waals surface area contributed by atoms with Gasteiger partial charge in [-0.05, 0) is 55.5 Å². The Labute approximate surface area is 178 Å². The van der Waals surface area contributed by atoms with Gasteiger partial charge in [0.25, 0.3) is 5.91 Å². The quantitative estimate of drug-likeness (QED) is 0.506. The number of aromatic nitrogens is 1. The van der Waals surface area contributed by atoms with Crippen LogP contribution in [0, 0.1) is 6.92 Å². The van der Waals surface area contributed by atoms with Gasteiger partial charge in [0.2, 0.25) is 11.2 Å². The van der Waals surface area contributed by atoms with Crippen LogP contribution >= 0.6 is 0 Å². The van der Waals surface area contributed by atoms with E-state index in [2.05, 4.69) is 10.3 Å². The van der Waals surface area contributed by atoms with Crippen LogP contribution in [0.3, 0.4) is 0 Å². The molecule has 4 aromatic rings. The summed E-state index contributed by atoms with van der Waals surface area (Å²) in [5, 5.41) is 3.21. The maximum absolute atomic E-state index is 12.9. The minimum atomic E-state index is -0.279. The van der Waals surface area contributed by atoms with Crippen molar-refractivity contribution in [3.63, 3.8) is 0 Å².